The maximum atomic E-state index is 13.4. The highest BCUT2D eigenvalue weighted by molar-refractivity contribution is 8.00. The number of thioether (sulfide) groups is 1. The number of benzene rings is 1. The van der Waals surface area contributed by atoms with Gasteiger partial charge in [-0.2, -0.15) is 0 Å². The molecule has 1 saturated carbocycles. The third kappa shape index (κ3) is 2.63. The van der Waals surface area contributed by atoms with Crippen LogP contribution in [0.1, 0.15) is 48.5 Å². The van der Waals surface area contributed by atoms with Crippen LogP contribution in [0.3, 0.4) is 0 Å². The molecule has 5 heteroatoms. The smallest absolute Gasteiger partial charge is 0.326 e. The lowest BCUT2D eigenvalue weighted by Gasteiger charge is -2.36. The van der Waals surface area contributed by atoms with Crippen LogP contribution in [0.5, 0.6) is 0 Å². The van der Waals surface area contributed by atoms with Gasteiger partial charge in [-0.15, -0.1) is 11.8 Å². The Balaban J connectivity index is 1.66. The second kappa shape index (κ2) is 6.43. The Morgan fingerprint density at radius 2 is 1.96 bits per heavy atom. The van der Waals surface area contributed by atoms with E-state index in [1.807, 2.05) is 18.2 Å². The second-order valence-electron chi connectivity index (χ2n) is 7.15. The number of carboxylic acids is 1. The fourth-order valence-electron chi connectivity index (χ4n) is 4.73. The fourth-order valence-corrected chi connectivity index (χ4v) is 5.98. The van der Waals surface area contributed by atoms with Crippen LogP contribution in [0, 0.1) is 5.92 Å². The lowest BCUT2D eigenvalue weighted by molar-refractivity contribution is -0.149. The number of likely N-dealkylation sites (tertiary alicyclic amines) is 1. The van der Waals surface area contributed by atoms with Crippen LogP contribution < -0.4 is 0 Å². The van der Waals surface area contributed by atoms with Gasteiger partial charge in [0.1, 0.15) is 11.3 Å². The first-order valence-corrected chi connectivity index (χ1v) is 9.96. The van der Waals surface area contributed by atoms with Crippen LogP contribution in [0.15, 0.2) is 24.3 Å². The van der Waals surface area contributed by atoms with Crippen molar-refractivity contribution in [1.29, 1.82) is 0 Å². The molecular weight excluding hydrogens is 322 g/mol. The Kier molecular flexibility index (Phi) is 4.29. The minimum atomic E-state index is -0.841. The Bertz CT molecular complexity index is 662. The molecule has 24 heavy (non-hydrogen) atoms. The zero-order chi connectivity index (χ0) is 16.7. The van der Waals surface area contributed by atoms with E-state index in [-0.39, 0.29) is 17.2 Å². The third-order valence-electron chi connectivity index (χ3n) is 5.85. The summed E-state index contributed by atoms with van der Waals surface area (Å²) in [6.07, 6.45) is 5.90. The van der Waals surface area contributed by atoms with Crippen molar-refractivity contribution in [2.24, 2.45) is 5.92 Å². The van der Waals surface area contributed by atoms with Gasteiger partial charge < -0.3 is 10.0 Å². The van der Waals surface area contributed by atoms with Gasteiger partial charge in [0.25, 0.3) is 0 Å². The molecule has 1 aromatic rings. The highest BCUT2D eigenvalue weighted by Crippen LogP contribution is 2.44. The van der Waals surface area contributed by atoms with E-state index in [0.717, 1.165) is 43.4 Å². The predicted octanol–water partition coefficient (Wildman–Crippen LogP) is 3.26. The number of hydrogen-bond acceptors (Lipinski definition) is 3. The summed E-state index contributed by atoms with van der Waals surface area (Å²) in [5, 5.41) is 9.43. The van der Waals surface area contributed by atoms with E-state index in [2.05, 4.69) is 6.07 Å². The van der Waals surface area contributed by atoms with Crippen LogP contribution in [-0.2, 0) is 16.0 Å². The van der Waals surface area contributed by atoms with E-state index in [4.69, 9.17) is 0 Å². The molecule has 3 aliphatic rings. The summed E-state index contributed by atoms with van der Waals surface area (Å²) in [5.41, 5.74) is 2.32. The average Bonchev–Trinajstić information content (AvgIpc) is 3.00. The first-order chi connectivity index (χ1) is 11.7. The number of hydrogen-bond donors (Lipinski definition) is 1. The van der Waals surface area contributed by atoms with Crippen molar-refractivity contribution in [3.8, 4) is 0 Å². The second-order valence-corrected chi connectivity index (χ2v) is 8.36. The zero-order valence-corrected chi connectivity index (χ0v) is 14.5. The summed E-state index contributed by atoms with van der Waals surface area (Å²) >= 11 is 1.67. The first kappa shape index (κ1) is 16.0. The van der Waals surface area contributed by atoms with Crippen LogP contribution in [0.4, 0.5) is 0 Å². The van der Waals surface area contributed by atoms with Gasteiger partial charge >= 0.3 is 5.97 Å². The van der Waals surface area contributed by atoms with Gasteiger partial charge in [-0.3, -0.25) is 4.79 Å². The van der Waals surface area contributed by atoms with Gasteiger partial charge in [0.2, 0.25) is 5.91 Å². The normalized spacial score (nSPS) is 32.1. The number of amides is 1. The van der Waals surface area contributed by atoms with E-state index < -0.39 is 12.0 Å². The van der Waals surface area contributed by atoms with Gasteiger partial charge in [-0.05, 0) is 48.5 Å². The van der Waals surface area contributed by atoms with E-state index in [1.54, 1.807) is 16.7 Å². The molecule has 2 fully saturated rings. The molecule has 4 atom stereocenters. The maximum Gasteiger partial charge on any atom is 0.326 e. The van der Waals surface area contributed by atoms with Crippen molar-refractivity contribution < 1.29 is 14.7 Å². The number of rotatable bonds is 2. The fraction of sp³-hybridized carbons (Fsp3) is 0.579. The Labute approximate surface area is 146 Å². The summed E-state index contributed by atoms with van der Waals surface area (Å²) in [5.74, 6) is 0.473. The van der Waals surface area contributed by atoms with Crippen molar-refractivity contribution >= 4 is 23.6 Å². The summed E-state index contributed by atoms with van der Waals surface area (Å²) in [7, 11) is 0. The zero-order valence-electron chi connectivity index (χ0n) is 13.7. The van der Waals surface area contributed by atoms with Gasteiger partial charge in [0.05, 0.1) is 0 Å². The molecular formula is C19H23NO3S. The molecule has 4 nitrogen and oxygen atoms in total. The minimum absolute atomic E-state index is 0.0222. The molecule has 1 amide bonds. The average molecular weight is 345 g/mol. The van der Waals surface area contributed by atoms with Crippen molar-refractivity contribution in [2.45, 2.75) is 55.9 Å². The number of aryl methyl sites for hydroxylation is 1. The molecule has 2 aliphatic heterocycles. The molecule has 128 valence electrons. The predicted molar refractivity (Wildman–Crippen MR) is 94.0 cm³/mol. The maximum absolute atomic E-state index is 13.4. The van der Waals surface area contributed by atoms with Crippen molar-refractivity contribution in [3.05, 3.63) is 35.4 Å². The SMILES string of the molecule is O=C(O)C1CC2CCCCC2N1C(=O)C1SCCc2ccccc21. The number of carboxylic acid groups (broad SMARTS) is 1. The number of carbonyl (C=O) groups is 2. The summed E-state index contributed by atoms with van der Waals surface area (Å²) in [6.45, 7) is 0. The van der Waals surface area contributed by atoms with Gasteiger partial charge in [0.15, 0.2) is 0 Å². The van der Waals surface area contributed by atoms with Gasteiger partial charge in [-0.1, -0.05) is 37.1 Å². The Morgan fingerprint density at radius 3 is 2.79 bits per heavy atom. The topological polar surface area (TPSA) is 57.6 Å². The third-order valence-corrected chi connectivity index (χ3v) is 7.07. The number of nitrogens with zero attached hydrogens (tertiary/aromatic N) is 1. The van der Waals surface area contributed by atoms with Crippen LogP contribution >= 0.6 is 11.8 Å². The van der Waals surface area contributed by atoms with Gasteiger partial charge in [0, 0.05) is 6.04 Å². The van der Waals surface area contributed by atoms with Crippen LogP contribution in [0.25, 0.3) is 0 Å². The summed E-state index contributed by atoms with van der Waals surface area (Å²) in [4.78, 5) is 26.9. The lowest BCUT2D eigenvalue weighted by Crippen LogP contribution is -2.48. The summed E-state index contributed by atoms with van der Waals surface area (Å²) < 4.78 is 0. The standard InChI is InChI=1S/C19H23NO3S/c21-18(17-14-7-3-1-5-12(14)9-10-24-17)20-15-8-4-2-6-13(15)11-16(20)19(22)23/h1,3,5,7,13,15-17H,2,4,6,8-11H2,(H,22,23). The quantitative estimate of drug-likeness (QED) is 0.894. The molecule has 0 radical (unpaired) electrons. The molecule has 4 unspecified atom stereocenters. The van der Waals surface area contributed by atoms with Gasteiger partial charge in [-0.25, -0.2) is 4.79 Å². The van der Waals surface area contributed by atoms with Crippen molar-refractivity contribution in [3.63, 3.8) is 0 Å². The highest BCUT2D eigenvalue weighted by atomic mass is 32.2. The van der Waals surface area contributed by atoms with Crippen LogP contribution in [-0.4, -0.2) is 39.7 Å². The molecule has 1 aliphatic carbocycles. The lowest BCUT2D eigenvalue weighted by atomic mass is 9.84. The molecule has 1 N–H and O–H groups in total. The van der Waals surface area contributed by atoms with E-state index >= 15 is 0 Å². The molecule has 2 heterocycles. The Hall–Kier alpha value is -1.49. The molecule has 1 aromatic carbocycles. The van der Waals surface area contributed by atoms with Crippen LogP contribution in [0.2, 0.25) is 0 Å². The molecule has 0 spiro atoms. The van der Waals surface area contributed by atoms with E-state index in [9.17, 15) is 14.7 Å². The molecule has 1 saturated heterocycles. The van der Waals surface area contributed by atoms with Crippen molar-refractivity contribution in [1.82, 2.24) is 4.90 Å². The highest BCUT2D eigenvalue weighted by Gasteiger charge is 2.49. The molecule has 4 rings (SSSR count). The molecule has 0 aromatic heterocycles. The summed E-state index contributed by atoms with van der Waals surface area (Å²) in [6, 6.07) is 7.62. The number of aliphatic carboxylic acids is 1. The van der Waals surface area contributed by atoms with Crippen molar-refractivity contribution in [2.75, 3.05) is 5.75 Å². The molecule has 0 bridgehead atoms. The van der Waals surface area contributed by atoms with E-state index in [0.29, 0.717) is 12.3 Å². The largest absolute Gasteiger partial charge is 0.480 e. The number of carbonyl (C=O) groups excluding carboxylic acids is 1. The monoisotopic (exact) mass is 345 g/mol. The van der Waals surface area contributed by atoms with E-state index in [1.165, 1.54) is 5.56 Å². The minimum Gasteiger partial charge on any atom is -0.480 e. The Morgan fingerprint density at radius 1 is 1.17 bits per heavy atom. The number of fused-ring (bicyclic) bond motifs is 2. The first-order valence-electron chi connectivity index (χ1n) is 8.91.